The summed E-state index contributed by atoms with van der Waals surface area (Å²) in [7, 11) is 0. The van der Waals surface area contributed by atoms with Gasteiger partial charge in [0.25, 0.3) is 5.56 Å². The Kier molecular flexibility index (Phi) is 3.66. The highest BCUT2D eigenvalue weighted by molar-refractivity contribution is 9.10. The minimum atomic E-state index is -0.134. The standard InChI is InChI=1S/C14H15BrN2O/c1-8(2)12-11(15)14(18)17-13(16-12)10-6-4-5-9(3)7-10/h4-8H,1-3H3,(H,16,17,18). The van der Waals surface area contributed by atoms with E-state index in [4.69, 9.17) is 0 Å². The second-order valence-electron chi connectivity index (χ2n) is 4.64. The molecular weight excluding hydrogens is 292 g/mol. The number of benzene rings is 1. The van der Waals surface area contributed by atoms with Gasteiger partial charge in [0.05, 0.1) is 5.69 Å². The number of nitrogens with one attached hydrogen (secondary N) is 1. The Morgan fingerprint density at radius 1 is 1.33 bits per heavy atom. The number of aryl methyl sites for hydroxylation is 1. The lowest BCUT2D eigenvalue weighted by atomic mass is 10.1. The summed E-state index contributed by atoms with van der Waals surface area (Å²) in [5.74, 6) is 0.820. The van der Waals surface area contributed by atoms with Gasteiger partial charge in [0.15, 0.2) is 0 Å². The highest BCUT2D eigenvalue weighted by Crippen LogP contribution is 2.22. The van der Waals surface area contributed by atoms with Gasteiger partial charge in [0, 0.05) is 5.56 Å². The molecule has 0 amide bonds. The molecule has 18 heavy (non-hydrogen) atoms. The molecule has 1 heterocycles. The fourth-order valence-corrected chi connectivity index (χ4v) is 2.43. The normalized spacial score (nSPS) is 10.9. The average molecular weight is 307 g/mol. The van der Waals surface area contributed by atoms with Crippen LogP contribution in [0.4, 0.5) is 0 Å². The molecule has 0 fully saturated rings. The number of nitrogens with zero attached hydrogens (tertiary/aromatic N) is 1. The first kappa shape index (κ1) is 13.0. The van der Waals surface area contributed by atoms with Gasteiger partial charge in [-0.05, 0) is 34.8 Å². The van der Waals surface area contributed by atoms with Crippen molar-refractivity contribution in [3.8, 4) is 11.4 Å². The summed E-state index contributed by atoms with van der Waals surface area (Å²) in [4.78, 5) is 19.2. The van der Waals surface area contributed by atoms with Crippen LogP contribution in [-0.2, 0) is 0 Å². The minimum absolute atomic E-state index is 0.134. The zero-order valence-corrected chi connectivity index (χ0v) is 12.2. The number of rotatable bonds is 2. The van der Waals surface area contributed by atoms with Gasteiger partial charge in [0.2, 0.25) is 0 Å². The first-order valence-corrected chi connectivity index (χ1v) is 6.65. The number of aromatic nitrogens is 2. The van der Waals surface area contributed by atoms with Gasteiger partial charge in [-0.1, -0.05) is 37.6 Å². The molecule has 0 spiro atoms. The molecule has 0 radical (unpaired) electrons. The number of hydrogen-bond donors (Lipinski definition) is 1. The molecule has 1 aromatic heterocycles. The summed E-state index contributed by atoms with van der Waals surface area (Å²) >= 11 is 3.30. The van der Waals surface area contributed by atoms with Crippen LogP contribution in [0.2, 0.25) is 0 Å². The van der Waals surface area contributed by atoms with Crippen molar-refractivity contribution in [3.63, 3.8) is 0 Å². The minimum Gasteiger partial charge on any atom is -0.306 e. The molecule has 0 unspecified atom stereocenters. The molecule has 94 valence electrons. The van der Waals surface area contributed by atoms with E-state index in [9.17, 15) is 4.79 Å². The summed E-state index contributed by atoms with van der Waals surface area (Å²) in [6, 6.07) is 7.94. The number of aromatic amines is 1. The molecule has 0 saturated carbocycles. The Hall–Kier alpha value is -1.42. The Morgan fingerprint density at radius 3 is 2.67 bits per heavy atom. The molecule has 2 rings (SSSR count). The van der Waals surface area contributed by atoms with Crippen molar-refractivity contribution in [3.05, 3.63) is 50.3 Å². The lowest BCUT2D eigenvalue weighted by Crippen LogP contribution is -2.14. The van der Waals surface area contributed by atoms with Crippen molar-refractivity contribution in [2.24, 2.45) is 0 Å². The molecule has 0 bridgehead atoms. The van der Waals surface area contributed by atoms with Gasteiger partial charge >= 0.3 is 0 Å². The molecule has 1 N–H and O–H groups in total. The molecule has 0 saturated heterocycles. The third-order valence-electron chi connectivity index (χ3n) is 2.73. The molecule has 0 aliphatic rings. The Labute approximate surface area is 114 Å². The van der Waals surface area contributed by atoms with Crippen LogP contribution >= 0.6 is 15.9 Å². The van der Waals surface area contributed by atoms with Crippen molar-refractivity contribution < 1.29 is 0 Å². The summed E-state index contributed by atoms with van der Waals surface area (Å²) in [6.45, 7) is 6.06. The summed E-state index contributed by atoms with van der Waals surface area (Å²) in [6.07, 6.45) is 0. The van der Waals surface area contributed by atoms with Crippen LogP contribution in [0, 0.1) is 6.92 Å². The van der Waals surface area contributed by atoms with Gasteiger partial charge in [-0.25, -0.2) is 4.98 Å². The molecule has 3 nitrogen and oxygen atoms in total. The van der Waals surface area contributed by atoms with E-state index in [-0.39, 0.29) is 11.5 Å². The first-order valence-electron chi connectivity index (χ1n) is 5.86. The smallest absolute Gasteiger partial charge is 0.265 e. The van der Waals surface area contributed by atoms with Crippen molar-refractivity contribution in [1.29, 1.82) is 0 Å². The largest absolute Gasteiger partial charge is 0.306 e. The van der Waals surface area contributed by atoms with Crippen molar-refractivity contribution in [2.75, 3.05) is 0 Å². The van der Waals surface area contributed by atoms with E-state index >= 15 is 0 Å². The molecule has 0 atom stereocenters. The number of halogens is 1. The van der Waals surface area contributed by atoms with Crippen LogP contribution in [-0.4, -0.2) is 9.97 Å². The Bertz CT molecular complexity index is 632. The molecule has 0 aliphatic heterocycles. The average Bonchev–Trinajstić information content (AvgIpc) is 2.32. The monoisotopic (exact) mass is 306 g/mol. The number of H-pyrrole nitrogens is 1. The van der Waals surface area contributed by atoms with Crippen molar-refractivity contribution >= 4 is 15.9 Å². The van der Waals surface area contributed by atoms with E-state index in [0.717, 1.165) is 16.8 Å². The maximum absolute atomic E-state index is 11.9. The quantitative estimate of drug-likeness (QED) is 0.921. The van der Waals surface area contributed by atoms with E-state index in [0.29, 0.717) is 10.3 Å². The molecule has 2 aromatic rings. The van der Waals surface area contributed by atoms with E-state index in [1.807, 2.05) is 45.0 Å². The first-order chi connectivity index (χ1) is 8.49. The highest BCUT2D eigenvalue weighted by Gasteiger charge is 2.13. The van der Waals surface area contributed by atoms with Crippen LogP contribution in [0.5, 0.6) is 0 Å². The third-order valence-corrected chi connectivity index (χ3v) is 3.49. The fraction of sp³-hybridized carbons (Fsp3) is 0.286. The zero-order chi connectivity index (χ0) is 13.3. The lowest BCUT2D eigenvalue weighted by molar-refractivity contribution is 0.803. The van der Waals surface area contributed by atoms with Gasteiger partial charge < -0.3 is 4.98 Å². The van der Waals surface area contributed by atoms with Crippen LogP contribution < -0.4 is 5.56 Å². The van der Waals surface area contributed by atoms with Gasteiger partial charge in [-0.3, -0.25) is 4.79 Å². The van der Waals surface area contributed by atoms with Gasteiger partial charge in [-0.2, -0.15) is 0 Å². The van der Waals surface area contributed by atoms with Crippen LogP contribution in [0.25, 0.3) is 11.4 Å². The zero-order valence-electron chi connectivity index (χ0n) is 10.6. The predicted octanol–water partition coefficient (Wildman–Crippen LogP) is 3.63. The van der Waals surface area contributed by atoms with Gasteiger partial charge in [-0.15, -0.1) is 0 Å². The third kappa shape index (κ3) is 2.53. The lowest BCUT2D eigenvalue weighted by Gasteiger charge is -2.09. The summed E-state index contributed by atoms with van der Waals surface area (Å²) in [5.41, 5.74) is 2.73. The maximum atomic E-state index is 11.9. The van der Waals surface area contributed by atoms with Crippen molar-refractivity contribution in [1.82, 2.24) is 9.97 Å². The maximum Gasteiger partial charge on any atom is 0.265 e. The van der Waals surface area contributed by atoms with Crippen LogP contribution in [0.1, 0.15) is 31.0 Å². The van der Waals surface area contributed by atoms with Crippen LogP contribution in [0.15, 0.2) is 33.5 Å². The molecule has 1 aromatic carbocycles. The summed E-state index contributed by atoms with van der Waals surface area (Å²) < 4.78 is 0.522. The van der Waals surface area contributed by atoms with Crippen LogP contribution in [0.3, 0.4) is 0 Å². The SMILES string of the molecule is Cc1cccc(-c2nc(C(C)C)c(Br)c(=O)[nH]2)c1. The summed E-state index contributed by atoms with van der Waals surface area (Å²) in [5, 5.41) is 0. The highest BCUT2D eigenvalue weighted by atomic mass is 79.9. The van der Waals surface area contributed by atoms with E-state index in [1.165, 1.54) is 0 Å². The predicted molar refractivity (Wildman–Crippen MR) is 76.8 cm³/mol. The van der Waals surface area contributed by atoms with E-state index in [2.05, 4.69) is 25.9 Å². The number of hydrogen-bond acceptors (Lipinski definition) is 2. The second-order valence-corrected chi connectivity index (χ2v) is 5.43. The van der Waals surface area contributed by atoms with E-state index < -0.39 is 0 Å². The Morgan fingerprint density at radius 2 is 2.06 bits per heavy atom. The molecule has 0 aliphatic carbocycles. The van der Waals surface area contributed by atoms with Crippen molar-refractivity contribution in [2.45, 2.75) is 26.7 Å². The second kappa shape index (κ2) is 5.06. The topological polar surface area (TPSA) is 45.8 Å². The van der Waals surface area contributed by atoms with E-state index in [1.54, 1.807) is 0 Å². The van der Waals surface area contributed by atoms with Gasteiger partial charge in [0.1, 0.15) is 10.3 Å². The fourth-order valence-electron chi connectivity index (χ4n) is 1.79. The Balaban J connectivity index is 2.63. The molecule has 4 heteroatoms. The molecular formula is C14H15BrN2O.